The van der Waals surface area contributed by atoms with E-state index in [0.29, 0.717) is 11.8 Å². The Bertz CT molecular complexity index is 634. The third kappa shape index (κ3) is 2.85. The quantitative estimate of drug-likeness (QED) is 0.678. The lowest BCUT2D eigenvalue weighted by Crippen LogP contribution is -2.08. The number of rotatable bonds is 5. The van der Waals surface area contributed by atoms with Gasteiger partial charge in [0.25, 0.3) is 0 Å². The van der Waals surface area contributed by atoms with Gasteiger partial charge in [-0.25, -0.2) is 4.98 Å². The molecule has 2 nitrogen and oxygen atoms in total. The second-order valence-corrected chi connectivity index (χ2v) is 5.94. The summed E-state index contributed by atoms with van der Waals surface area (Å²) in [5.41, 5.74) is 4.74. The molecule has 0 fully saturated rings. The molecular formula is C19H24N2. The molecule has 0 bridgehead atoms. The number of para-hydroxylation sites is 1. The number of hydrogen-bond acceptors (Lipinski definition) is 1. The molecule has 2 rings (SSSR count). The summed E-state index contributed by atoms with van der Waals surface area (Å²) in [6.45, 7) is 16.8. The van der Waals surface area contributed by atoms with Crippen molar-refractivity contribution in [3.8, 4) is 5.69 Å². The molecule has 1 heterocycles. The van der Waals surface area contributed by atoms with Crippen molar-refractivity contribution in [3.05, 3.63) is 66.8 Å². The Morgan fingerprint density at radius 3 is 2.19 bits per heavy atom. The third-order valence-corrected chi connectivity index (χ3v) is 3.76. The lowest BCUT2D eigenvalue weighted by molar-refractivity contribution is 0.802. The molecule has 0 atom stereocenters. The molecule has 0 amide bonds. The van der Waals surface area contributed by atoms with Gasteiger partial charge in [0.15, 0.2) is 0 Å². The zero-order valence-electron chi connectivity index (χ0n) is 13.4. The first kappa shape index (κ1) is 15.3. The molecule has 1 aromatic heterocycles. The van der Waals surface area contributed by atoms with Gasteiger partial charge in [-0.3, -0.25) is 4.57 Å². The summed E-state index contributed by atoms with van der Waals surface area (Å²) in [7, 11) is 0. The molecule has 1 aromatic carbocycles. The Kier molecular flexibility index (Phi) is 4.46. The van der Waals surface area contributed by atoms with Crippen LogP contribution in [-0.2, 0) is 0 Å². The van der Waals surface area contributed by atoms with Crippen LogP contribution in [0.3, 0.4) is 0 Å². The van der Waals surface area contributed by atoms with Crippen LogP contribution in [-0.4, -0.2) is 9.55 Å². The average Bonchev–Trinajstić information content (AvgIpc) is 2.94. The fraction of sp³-hybridized carbons (Fsp3) is 0.316. The van der Waals surface area contributed by atoms with E-state index in [-0.39, 0.29) is 0 Å². The summed E-state index contributed by atoms with van der Waals surface area (Å²) in [5.74, 6) is 1.76. The van der Waals surface area contributed by atoms with Crippen molar-refractivity contribution in [2.24, 2.45) is 0 Å². The van der Waals surface area contributed by atoms with Crippen molar-refractivity contribution >= 4 is 5.57 Å². The van der Waals surface area contributed by atoms with Crippen LogP contribution in [0.4, 0.5) is 0 Å². The van der Waals surface area contributed by atoms with Crippen molar-refractivity contribution in [1.82, 2.24) is 9.55 Å². The molecule has 0 aliphatic carbocycles. The van der Waals surface area contributed by atoms with E-state index in [2.05, 4.69) is 68.6 Å². The largest absolute Gasteiger partial charge is 0.299 e. The maximum absolute atomic E-state index is 4.46. The lowest BCUT2D eigenvalue weighted by Gasteiger charge is -2.21. The van der Waals surface area contributed by atoms with Crippen LogP contribution in [0, 0.1) is 0 Å². The number of nitrogens with zero attached hydrogens (tertiary/aromatic N) is 2. The van der Waals surface area contributed by atoms with E-state index in [1.165, 1.54) is 16.8 Å². The SMILES string of the molecule is C=CC(=C)c1nccn1-c1c(C(C)C)cccc1C(C)C. The van der Waals surface area contributed by atoms with Gasteiger partial charge in [0, 0.05) is 18.0 Å². The molecule has 0 N–H and O–H groups in total. The fourth-order valence-corrected chi connectivity index (χ4v) is 2.60. The average molecular weight is 280 g/mol. The molecule has 0 radical (unpaired) electrons. The standard InChI is InChI=1S/C19H24N2/c1-7-15(6)19-20-11-12-21(19)18-16(13(2)3)9-8-10-17(18)14(4)5/h7-14H,1,6H2,2-5H3. The predicted octanol–water partition coefficient (Wildman–Crippen LogP) is 5.32. The number of imidazole rings is 1. The number of allylic oxidation sites excluding steroid dienone is 2. The summed E-state index contributed by atoms with van der Waals surface area (Å²) in [4.78, 5) is 4.46. The van der Waals surface area contributed by atoms with E-state index in [1.54, 1.807) is 6.08 Å². The minimum Gasteiger partial charge on any atom is -0.299 e. The molecule has 2 aromatic rings. The monoisotopic (exact) mass is 280 g/mol. The fourth-order valence-electron chi connectivity index (χ4n) is 2.60. The highest BCUT2D eigenvalue weighted by Crippen LogP contribution is 2.32. The van der Waals surface area contributed by atoms with Crippen LogP contribution in [0.15, 0.2) is 49.8 Å². The maximum atomic E-state index is 4.46. The highest BCUT2D eigenvalue weighted by Gasteiger charge is 2.17. The van der Waals surface area contributed by atoms with E-state index >= 15 is 0 Å². The zero-order valence-corrected chi connectivity index (χ0v) is 13.4. The van der Waals surface area contributed by atoms with Gasteiger partial charge >= 0.3 is 0 Å². The summed E-state index contributed by atoms with van der Waals surface area (Å²) in [6.07, 6.45) is 5.59. The summed E-state index contributed by atoms with van der Waals surface area (Å²) < 4.78 is 2.15. The van der Waals surface area contributed by atoms with Crippen molar-refractivity contribution in [1.29, 1.82) is 0 Å². The van der Waals surface area contributed by atoms with Crippen LogP contribution < -0.4 is 0 Å². The number of aromatic nitrogens is 2. The molecule has 0 saturated heterocycles. The first-order valence-corrected chi connectivity index (χ1v) is 7.45. The molecule has 0 unspecified atom stereocenters. The topological polar surface area (TPSA) is 17.8 Å². The van der Waals surface area contributed by atoms with Gasteiger partial charge < -0.3 is 0 Å². The third-order valence-electron chi connectivity index (χ3n) is 3.76. The highest BCUT2D eigenvalue weighted by atomic mass is 15.1. The van der Waals surface area contributed by atoms with Crippen molar-refractivity contribution < 1.29 is 0 Å². The van der Waals surface area contributed by atoms with Gasteiger partial charge in [-0.1, -0.05) is 65.1 Å². The maximum Gasteiger partial charge on any atom is 0.143 e. The Morgan fingerprint density at radius 1 is 1.14 bits per heavy atom. The second-order valence-electron chi connectivity index (χ2n) is 5.94. The molecule has 21 heavy (non-hydrogen) atoms. The van der Waals surface area contributed by atoms with Gasteiger partial charge in [0.2, 0.25) is 0 Å². The van der Waals surface area contributed by atoms with E-state index in [4.69, 9.17) is 0 Å². The predicted molar refractivity (Wildman–Crippen MR) is 91.0 cm³/mol. The van der Waals surface area contributed by atoms with E-state index in [9.17, 15) is 0 Å². The van der Waals surface area contributed by atoms with Crippen LogP contribution >= 0.6 is 0 Å². The van der Waals surface area contributed by atoms with Crippen molar-refractivity contribution in [2.45, 2.75) is 39.5 Å². The van der Waals surface area contributed by atoms with Crippen molar-refractivity contribution in [3.63, 3.8) is 0 Å². The molecule has 0 spiro atoms. The molecule has 0 saturated carbocycles. The van der Waals surface area contributed by atoms with Crippen LogP contribution in [0.1, 0.15) is 56.5 Å². The molecule has 0 aliphatic rings. The van der Waals surface area contributed by atoms with Crippen molar-refractivity contribution in [2.75, 3.05) is 0 Å². The van der Waals surface area contributed by atoms with Crippen LogP contribution in [0.5, 0.6) is 0 Å². The Balaban J connectivity index is 2.76. The smallest absolute Gasteiger partial charge is 0.143 e. The molecule has 110 valence electrons. The van der Waals surface area contributed by atoms with E-state index < -0.39 is 0 Å². The van der Waals surface area contributed by atoms with Gasteiger partial charge in [0.1, 0.15) is 5.82 Å². The normalized spacial score (nSPS) is 11.1. The lowest BCUT2D eigenvalue weighted by atomic mass is 9.92. The molecule has 0 aliphatic heterocycles. The summed E-state index contributed by atoms with van der Waals surface area (Å²) in [5, 5.41) is 0. The zero-order chi connectivity index (χ0) is 15.6. The van der Waals surface area contributed by atoms with E-state index in [0.717, 1.165) is 11.4 Å². The molecular weight excluding hydrogens is 256 g/mol. The molecule has 2 heteroatoms. The number of benzene rings is 1. The van der Waals surface area contributed by atoms with Crippen LogP contribution in [0.25, 0.3) is 11.3 Å². The first-order valence-electron chi connectivity index (χ1n) is 7.45. The van der Waals surface area contributed by atoms with Crippen LogP contribution in [0.2, 0.25) is 0 Å². The Hall–Kier alpha value is -2.09. The Morgan fingerprint density at radius 2 is 1.71 bits per heavy atom. The van der Waals surface area contributed by atoms with Gasteiger partial charge in [-0.2, -0.15) is 0 Å². The van der Waals surface area contributed by atoms with Gasteiger partial charge in [0.05, 0.1) is 5.69 Å². The van der Waals surface area contributed by atoms with Gasteiger partial charge in [-0.05, 0) is 23.0 Å². The summed E-state index contributed by atoms with van der Waals surface area (Å²) in [6, 6.07) is 6.55. The first-order chi connectivity index (χ1) is 9.97. The highest BCUT2D eigenvalue weighted by molar-refractivity contribution is 5.69. The van der Waals surface area contributed by atoms with Gasteiger partial charge in [-0.15, -0.1) is 0 Å². The number of hydrogen-bond donors (Lipinski definition) is 0. The summed E-state index contributed by atoms with van der Waals surface area (Å²) >= 11 is 0. The Labute approximate surface area is 127 Å². The minimum absolute atomic E-state index is 0.450. The minimum atomic E-state index is 0.450. The van der Waals surface area contributed by atoms with E-state index in [1.807, 2.05) is 12.4 Å². The second kappa shape index (κ2) is 6.13.